The smallest absolute Gasteiger partial charge is 0.410 e. The zero-order valence-electron chi connectivity index (χ0n) is 12.9. The molecule has 0 bridgehead atoms. The molecule has 0 aliphatic carbocycles. The van der Waals surface area contributed by atoms with Gasteiger partial charge in [0, 0.05) is 43.3 Å². The number of carbonyl (C=O) groups excluding carboxylic acids is 1. The predicted octanol–water partition coefficient (Wildman–Crippen LogP) is 3.24. The fourth-order valence-electron chi connectivity index (χ4n) is 2.35. The van der Waals surface area contributed by atoms with Gasteiger partial charge in [0.2, 0.25) is 0 Å². The van der Waals surface area contributed by atoms with Crippen molar-refractivity contribution < 1.29 is 9.53 Å². The van der Waals surface area contributed by atoms with Crippen molar-refractivity contribution in [1.82, 2.24) is 14.8 Å². The van der Waals surface area contributed by atoms with Crippen LogP contribution < -0.4 is 0 Å². The molecule has 21 heavy (non-hydrogen) atoms. The molecule has 7 heteroatoms. The summed E-state index contributed by atoms with van der Waals surface area (Å²) in [5, 5.41) is 0. The Hall–Kier alpha value is -0.850. The Morgan fingerprint density at radius 2 is 2.24 bits per heavy atom. The van der Waals surface area contributed by atoms with E-state index in [1.54, 1.807) is 4.90 Å². The fourth-order valence-corrected chi connectivity index (χ4v) is 3.37. The van der Waals surface area contributed by atoms with Gasteiger partial charge in [0.05, 0.1) is 0 Å². The summed E-state index contributed by atoms with van der Waals surface area (Å²) in [7, 11) is 0. The molecule has 1 atom stereocenters. The van der Waals surface area contributed by atoms with E-state index < -0.39 is 5.60 Å². The second kappa shape index (κ2) is 6.50. The minimum absolute atomic E-state index is 0.136. The van der Waals surface area contributed by atoms with Crippen LogP contribution in [0.4, 0.5) is 4.79 Å². The van der Waals surface area contributed by atoms with E-state index in [1.165, 1.54) is 11.3 Å². The number of halogens is 1. The molecule has 2 rings (SSSR count). The van der Waals surface area contributed by atoms with E-state index in [4.69, 9.17) is 16.3 Å². The van der Waals surface area contributed by atoms with E-state index in [9.17, 15) is 4.79 Å². The molecule has 1 aromatic rings. The van der Waals surface area contributed by atoms with Crippen molar-refractivity contribution in [2.24, 2.45) is 0 Å². The van der Waals surface area contributed by atoms with Gasteiger partial charge in [-0.2, -0.15) is 0 Å². The number of hydrogen-bond acceptors (Lipinski definition) is 5. The molecule has 0 unspecified atom stereocenters. The number of thiazole rings is 1. The van der Waals surface area contributed by atoms with Crippen LogP contribution in [0.15, 0.2) is 6.20 Å². The zero-order valence-corrected chi connectivity index (χ0v) is 14.5. The molecule has 0 saturated carbocycles. The number of rotatable bonds is 2. The highest BCUT2D eigenvalue weighted by Crippen LogP contribution is 2.21. The zero-order chi connectivity index (χ0) is 15.6. The van der Waals surface area contributed by atoms with Crippen molar-refractivity contribution in [3.63, 3.8) is 0 Å². The van der Waals surface area contributed by atoms with Gasteiger partial charge in [-0.05, 0) is 27.7 Å². The Bertz CT molecular complexity index is 501. The normalized spacial score (nSPS) is 20.6. The predicted molar refractivity (Wildman–Crippen MR) is 84.8 cm³/mol. The van der Waals surface area contributed by atoms with Gasteiger partial charge in [-0.3, -0.25) is 4.90 Å². The fraction of sp³-hybridized carbons (Fsp3) is 0.714. The first-order valence-corrected chi connectivity index (χ1v) is 8.26. The molecule has 1 aliphatic rings. The van der Waals surface area contributed by atoms with Crippen LogP contribution in [0, 0.1) is 0 Å². The Labute approximate surface area is 134 Å². The van der Waals surface area contributed by atoms with Crippen molar-refractivity contribution in [1.29, 1.82) is 0 Å². The molecule has 118 valence electrons. The highest BCUT2D eigenvalue weighted by Gasteiger charge is 2.30. The third-order valence-electron chi connectivity index (χ3n) is 3.24. The maximum absolute atomic E-state index is 12.2. The topological polar surface area (TPSA) is 45.7 Å². The highest BCUT2D eigenvalue weighted by molar-refractivity contribution is 7.15. The summed E-state index contributed by atoms with van der Waals surface area (Å²) >= 11 is 7.36. The van der Waals surface area contributed by atoms with Gasteiger partial charge in [0.25, 0.3) is 0 Å². The molecule has 1 fully saturated rings. The number of piperazine rings is 1. The minimum atomic E-state index is -0.451. The van der Waals surface area contributed by atoms with Crippen LogP contribution in [0.25, 0.3) is 0 Å². The molecule has 0 aromatic carbocycles. The third-order valence-corrected chi connectivity index (χ3v) is 4.34. The van der Waals surface area contributed by atoms with Crippen molar-refractivity contribution in [3.8, 4) is 0 Å². The van der Waals surface area contributed by atoms with E-state index in [1.807, 2.05) is 27.0 Å². The number of amides is 1. The van der Waals surface area contributed by atoms with Crippen molar-refractivity contribution in [2.45, 2.75) is 45.9 Å². The van der Waals surface area contributed by atoms with Crippen LogP contribution in [0.3, 0.4) is 0 Å². The number of aromatic nitrogens is 1. The number of ether oxygens (including phenoxy) is 1. The Kier molecular flexibility index (Phi) is 5.11. The van der Waals surface area contributed by atoms with Gasteiger partial charge in [0.15, 0.2) is 4.47 Å². The molecule has 0 radical (unpaired) electrons. The minimum Gasteiger partial charge on any atom is -0.444 e. The lowest BCUT2D eigenvalue weighted by atomic mass is 10.2. The standard InChI is InChI=1S/C14H22ClN3O2S/c1-10-8-17(9-11-7-16-12(15)21-11)5-6-18(10)13(19)20-14(2,3)4/h7,10H,5-6,8-9H2,1-4H3/t10-/m1/s1. The summed E-state index contributed by atoms with van der Waals surface area (Å²) in [5.41, 5.74) is -0.451. The molecule has 1 aliphatic heterocycles. The van der Waals surface area contributed by atoms with Gasteiger partial charge in [0.1, 0.15) is 5.60 Å². The molecule has 1 aromatic heterocycles. The molecule has 0 N–H and O–H groups in total. The average molecular weight is 332 g/mol. The number of hydrogen-bond donors (Lipinski definition) is 0. The average Bonchev–Trinajstić information content (AvgIpc) is 2.72. The lowest BCUT2D eigenvalue weighted by Crippen LogP contribution is -2.54. The van der Waals surface area contributed by atoms with Crippen LogP contribution in [-0.4, -0.2) is 52.2 Å². The van der Waals surface area contributed by atoms with E-state index >= 15 is 0 Å². The van der Waals surface area contributed by atoms with Crippen LogP contribution in [0.5, 0.6) is 0 Å². The summed E-state index contributed by atoms with van der Waals surface area (Å²) in [4.78, 5) is 21.5. The SMILES string of the molecule is C[C@@H]1CN(Cc2cnc(Cl)s2)CCN1C(=O)OC(C)(C)C. The number of nitrogens with zero attached hydrogens (tertiary/aromatic N) is 3. The van der Waals surface area contributed by atoms with E-state index in [0.29, 0.717) is 11.0 Å². The first-order valence-electron chi connectivity index (χ1n) is 7.07. The van der Waals surface area contributed by atoms with Crippen LogP contribution in [0.1, 0.15) is 32.6 Å². The van der Waals surface area contributed by atoms with Crippen LogP contribution in [0.2, 0.25) is 4.47 Å². The van der Waals surface area contributed by atoms with Gasteiger partial charge < -0.3 is 9.64 Å². The first kappa shape index (κ1) is 16.5. The van der Waals surface area contributed by atoms with Crippen LogP contribution in [-0.2, 0) is 11.3 Å². The quantitative estimate of drug-likeness (QED) is 0.834. The molecular formula is C14H22ClN3O2S. The van der Waals surface area contributed by atoms with E-state index in [0.717, 1.165) is 24.5 Å². The second-order valence-corrected chi connectivity index (χ2v) is 8.03. The maximum atomic E-state index is 12.2. The highest BCUT2D eigenvalue weighted by atomic mass is 35.5. The first-order chi connectivity index (χ1) is 9.74. The number of carbonyl (C=O) groups is 1. The van der Waals surface area contributed by atoms with Gasteiger partial charge >= 0.3 is 6.09 Å². The summed E-state index contributed by atoms with van der Waals surface area (Å²) in [6.07, 6.45) is 1.59. The van der Waals surface area contributed by atoms with Crippen molar-refractivity contribution >= 4 is 29.0 Å². The summed E-state index contributed by atoms with van der Waals surface area (Å²) in [6, 6.07) is 0.136. The Morgan fingerprint density at radius 3 is 2.76 bits per heavy atom. The molecule has 2 heterocycles. The molecule has 0 spiro atoms. The van der Waals surface area contributed by atoms with Crippen molar-refractivity contribution in [3.05, 3.63) is 15.5 Å². The maximum Gasteiger partial charge on any atom is 0.410 e. The summed E-state index contributed by atoms with van der Waals surface area (Å²) < 4.78 is 6.02. The van der Waals surface area contributed by atoms with E-state index in [-0.39, 0.29) is 12.1 Å². The third kappa shape index (κ3) is 4.83. The van der Waals surface area contributed by atoms with Crippen LogP contribution >= 0.6 is 22.9 Å². The molecule has 5 nitrogen and oxygen atoms in total. The molecular weight excluding hydrogens is 310 g/mol. The molecule has 1 amide bonds. The monoisotopic (exact) mass is 331 g/mol. The van der Waals surface area contributed by atoms with Gasteiger partial charge in [-0.25, -0.2) is 9.78 Å². The van der Waals surface area contributed by atoms with Crippen molar-refractivity contribution in [2.75, 3.05) is 19.6 Å². The summed E-state index contributed by atoms with van der Waals surface area (Å²) in [5.74, 6) is 0. The second-order valence-electron chi connectivity index (χ2n) is 6.34. The lowest BCUT2D eigenvalue weighted by molar-refractivity contribution is 0.000661. The Balaban J connectivity index is 1.88. The summed E-state index contributed by atoms with van der Waals surface area (Å²) in [6.45, 7) is 10.9. The van der Waals surface area contributed by atoms with E-state index in [2.05, 4.69) is 16.8 Å². The molecule has 1 saturated heterocycles. The largest absolute Gasteiger partial charge is 0.444 e. The lowest BCUT2D eigenvalue weighted by Gasteiger charge is -2.40. The van der Waals surface area contributed by atoms with Gasteiger partial charge in [-0.15, -0.1) is 11.3 Å². The van der Waals surface area contributed by atoms with Gasteiger partial charge in [-0.1, -0.05) is 11.6 Å². The Morgan fingerprint density at radius 1 is 1.52 bits per heavy atom.